The van der Waals surface area contributed by atoms with Crippen LogP contribution in [0.1, 0.15) is 110 Å². The Kier molecular flexibility index (Phi) is 17.2. The first-order valence-corrected chi connectivity index (χ1v) is 12.3. The summed E-state index contributed by atoms with van der Waals surface area (Å²) in [5.41, 5.74) is 0. The SMILES string of the molecule is CCCCCCCCCCCCCCCCCCO[C@H]1C(OC)O[C@H](CO)[C@@H]1O. The van der Waals surface area contributed by atoms with Gasteiger partial charge in [-0.1, -0.05) is 103 Å². The quantitative estimate of drug-likeness (QED) is 0.262. The van der Waals surface area contributed by atoms with E-state index < -0.39 is 24.6 Å². The highest BCUT2D eigenvalue weighted by Gasteiger charge is 2.44. The highest BCUT2D eigenvalue weighted by Crippen LogP contribution is 2.24. The number of rotatable bonds is 20. The van der Waals surface area contributed by atoms with Crippen LogP contribution in [0.5, 0.6) is 0 Å². The molecule has 1 aliphatic heterocycles. The van der Waals surface area contributed by atoms with Crippen LogP contribution < -0.4 is 0 Å². The first-order chi connectivity index (χ1) is 14.2. The molecule has 0 bridgehead atoms. The third kappa shape index (κ3) is 12.3. The fraction of sp³-hybridized carbons (Fsp3) is 1.00. The standard InChI is InChI=1S/C24H48O5/c1-3-4-5-6-7-8-9-10-11-12-13-14-15-16-17-18-19-28-23-22(26)21(20-25)29-24(23)27-2/h21-26H,3-20H2,1-2H3/t21-,22+,23-,24?/m1/s1. The molecule has 1 heterocycles. The lowest BCUT2D eigenvalue weighted by Gasteiger charge is -2.19. The van der Waals surface area contributed by atoms with Crippen molar-refractivity contribution in [3.05, 3.63) is 0 Å². The van der Waals surface area contributed by atoms with Crippen LogP contribution >= 0.6 is 0 Å². The third-order valence-corrected chi connectivity index (χ3v) is 6.02. The van der Waals surface area contributed by atoms with Gasteiger partial charge in [-0.3, -0.25) is 0 Å². The molecule has 0 aromatic rings. The zero-order valence-electron chi connectivity index (χ0n) is 19.2. The van der Waals surface area contributed by atoms with Crippen LogP contribution in [0.25, 0.3) is 0 Å². The van der Waals surface area contributed by atoms with E-state index in [0.717, 1.165) is 12.8 Å². The summed E-state index contributed by atoms with van der Waals surface area (Å²) in [6.45, 7) is 2.65. The summed E-state index contributed by atoms with van der Waals surface area (Å²) < 4.78 is 16.4. The molecule has 2 N–H and O–H groups in total. The summed E-state index contributed by atoms with van der Waals surface area (Å²) >= 11 is 0. The summed E-state index contributed by atoms with van der Waals surface area (Å²) in [4.78, 5) is 0. The van der Waals surface area contributed by atoms with Crippen molar-refractivity contribution in [1.82, 2.24) is 0 Å². The lowest BCUT2D eigenvalue weighted by Crippen LogP contribution is -2.37. The number of hydrogen-bond acceptors (Lipinski definition) is 5. The van der Waals surface area contributed by atoms with Crippen molar-refractivity contribution in [2.45, 2.75) is 134 Å². The smallest absolute Gasteiger partial charge is 0.186 e. The zero-order chi connectivity index (χ0) is 21.2. The van der Waals surface area contributed by atoms with Crippen LogP contribution in [-0.2, 0) is 14.2 Å². The fourth-order valence-corrected chi connectivity index (χ4v) is 4.09. The second-order valence-corrected chi connectivity index (χ2v) is 8.59. The maximum atomic E-state index is 10.1. The van der Waals surface area contributed by atoms with Crippen molar-refractivity contribution in [2.24, 2.45) is 0 Å². The van der Waals surface area contributed by atoms with Gasteiger partial charge in [0, 0.05) is 13.7 Å². The minimum Gasteiger partial charge on any atom is -0.394 e. The highest BCUT2D eigenvalue weighted by atomic mass is 16.7. The summed E-state index contributed by atoms with van der Waals surface area (Å²) in [7, 11) is 1.53. The van der Waals surface area contributed by atoms with Crippen molar-refractivity contribution >= 4 is 0 Å². The van der Waals surface area contributed by atoms with Crippen molar-refractivity contribution in [3.8, 4) is 0 Å². The van der Waals surface area contributed by atoms with E-state index in [2.05, 4.69) is 6.92 Å². The van der Waals surface area contributed by atoms with Crippen molar-refractivity contribution in [2.75, 3.05) is 20.3 Å². The number of aliphatic hydroxyl groups excluding tert-OH is 2. The molecule has 0 spiro atoms. The number of hydrogen-bond donors (Lipinski definition) is 2. The minimum absolute atomic E-state index is 0.222. The van der Waals surface area contributed by atoms with Crippen molar-refractivity contribution in [1.29, 1.82) is 0 Å². The summed E-state index contributed by atoms with van der Waals surface area (Å²) in [5, 5.41) is 19.3. The lowest BCUT2D eigenvalue weighted by atomic mass is 10.0. The summed E-state index contributed by atoms with van der Waals surface area (Å²) in [5.74, 6) is 0. The molecule has 1 aliphatic rings. The summed E-state index contributed by atoms with van der Waals surface area (Å²) in [6, 6.07) is 0. The normalized spacial score (nSPS) is 24.4. The monoisotopic (exact) mass is 416 g/mol. The number of aliphatic hydroxyl groups is 2. The maximum Gasteiger partial charge on any atom is 0.186 e. The number of unbranched alkanes of at least 4 members (excludes halogenated alkanes) is 15. The average Bonchev–Trinajstić information content (AvgIpc) is 3.05. The molecular formula is C24H48O5. The molecule has 0 aliphatic carbocycles. The number of methoxy groups -OCH3 is 1. The van der Waals surface area contributed by atoms with Crippen LogP contribution in [0, 0.1) is 0 Å². The van der Waals surface area contributed by atoms with E-state index in [4.69, 9.17) is 14.2 Å². The van der Waals surface area contributed by atoms with Crippen LogP contribution in [0.4, 0.5) is 0 Å². The van der Waals surface area contributed by atoms with Crippen molar-refractivity contribution in [3.63, 3.8) is 0 Å². The molecule has 4 atom stereocenters. The van der Waals surface area contributed by atoms with E-state index in [1.165, 1.54) is 97.0 Å². The molecule has 29 heavy (non-hydrogen) atoms. The molecule has 5 heteroatoms. The molecule has 1 saturated heterocycles. The minimum atomic E-state index is -0.828. The maximum absolute atomic E-state index is 10.1. The predicted molar refractivity (Wildman–Crippen MR) is 118 cm³/mol. The average molecular weight is 417 g/mol. The molecule has 0 aromatic carbocycles. The van der Waals surface area contributed by atoms with Gasteiger partial charge in [-0.25, -0.2) is 0 Å². The van der Waals surface area contributed by atoms with E-state index in [-0.39, 0.29) is 6.61 Å². The molecule has 5 nitrogen and oxygen atoms in total. The topological polar surface area (TPSA) is 68.2 Å². The van der Waals surface area contributed by atoms with E-state index in [0.29, 0.717) is 6.61 Å². The third-order valence-electron chi connectivity index (χ3n) is 6.02. The molecule has 1 fully saturated rings. The molecular weight excluding hydrogens is 368 g/mol. The van der Waals surface area contributed by atoms with E-state index in [1.807, 2.05) is 0 Å². The Morgan fingerprint density at radius 3 is 1.59 bits per heavy atom. The fourth-order valence-electron chi connectivity index (χ4n) is 4.09. The van der Waals surface area contributed by atoms with Crippen molar-refractivity contribution < 1.29 is 24.4 Å². The van der Waals surface area contributed by atoms with Gasteiger partial charge in [0.25, 0.3) is 0 Å². The van der Waals surface area contributed by atoms with Crippen LogP contribution in [-0.4, -0.2) is 55.1 Å². The van der Waals surface area contributed by atoms with E-state index in [9.17, 15) is 10.2 Å². The van der Waals surface area contributed by atoms with Gasteiger partial charge in [-0.15, -0.1) is 0 Å². The Labute approximate surface area is 179 Å². The number of ether oxygens (including phenoxy) is 3. The second kappa shape index (κ2) is 18.6. The Bertz CT molecular complexity index is 350. The molecule has 0 radical (unpaired) electrons. The van der Waals surface area contributed by atoms with E-state index >= 15 is 0 Å². The first-order valence-electron chi connectivity index (χ1n) is 12.3. The zero-order valence-corrected chi connectivity index (χ0v) is 19.2. The molecule has 174 valence electrons. The van der Waals surface area contributed by atoms with Gasteiger partial charge in [-0.2, -0.15) is 0 Å². The van der Waals surface area contributed by atoms with Gasteiger partial charge in [0.2, 0.25) is 0 Å². The molecule has 1 rings (SSSR count). The van der Waals surface area contributed by atoms with Gasteiger partial charge in [0.1, 0.15) is 18.3 Å². The lowest BCUT2D eigenvalue weighted by molar-refractivity contribution is -0.165. The predicted octanol–water partition coefficient (Wildman–Crippen LogP) is 5.36. The Morgan fingerprint density at radius 1 is 0.724 bits per heavy atom. The van der Waals surface area contributed by atoms with Gasteiger partial charge in [0.05, 0.1) is 6.61 Å². The Hall–Kier alpha value is -0.200. The van der Waals surface area contributed by atoms with Gasteiger partial charge < -0.3 is 24.4 Å². The highest BCUT2D eigenvalue weighted by molar-refractivity contribution is 4.87. The largest absolute Gasteiger partial charge is 0.394 e. The molecule has 0 saturated carbocycles. The molecule has 1 unspecified atom stereocenters. The van der Waals surface area contributed by atoms with Crippen LogP contribution in [0.3, 0.4) is 0 Å². The van der Waals surface area contributed by atoms with Gasteiger partial charge >= 0.3 is 0 Å². The Balaban J connectivity index is 1.82. The Morgan fingerprint density at radius 2 is 1.17 bits per heavy atom. The van der Waals surface area contributed by atoms with Crippen LogP contribution in [0.2, 0.25) is 0 Å². The van der Waals surface area contributed by atoms with Crippen LogP contribution in [0.15, 0.2) is 0 Å². The molecule has 0 aromatic heterocycles. The van der Waals surface area contributed by atoms with Gasteiger partial charge in [0.15, 0.2) is 6.29 Å². The second-order valence-electron chi connectivity index (χ2n) is 8.59. The molecule has 0 amide bonds. The van der Waals surface area contributed by atoms with Gasteiger partial charge in [-0.05, 0) is 6.42 Å². The van der Waals surface area contributed by atoms with E-state index in [1.54, 1.807) is 0 Å². The first kappa shape index (κ1) is 26.8. The summed E-state index contributed by atoms with van der Waals surface area (Å²) in [6.07, 6.45) is 19.0.